The summed E-state index contributed by atoms with van der Waals surface area (Å²) in [6.07, 6.45) is 0. The minimum atomic E-state index is -0.473. The number of carbonyl (C=O) groups excluding carboxylic acids is 1. The summed E-state index contributed by atoms with van der Waals surface area (Å²) in [6, 6.07) is 5.30. The zero-order valence-corrected chi connectivity index (χ0v) is 10.3. The molecule has 1 aromatic heterocycles. The molecule has 0 fully saturated rings. The number of nitrogens with one attached hydrogen (secondary N) is 2. The van der Waals surface area contributed by atoms with Gasteiger partial charge in [-0.15, -0.1) is 0 Å². The normalized spacial score (nSPS) is 10.9. The average Bonchev–Trinajstić information content (AvgIpc) is 2.75. The standard InChI is InChI=1S/C12H17N3O2/c1-12(2,11(16)14-3)8-15-7-10-5-4-9(6-13)17-10/h4-5,15H,7-8H2,1-3H3,(H,14,16). The van der Waals surface area contributed by atoms with Crippen LogP contribution in [0.1, 0.15) is 25.4 Å². The molecule has 2 N–H and O–H groups in total. The molecule has 0 unspecified atom stereocenters. The van der Waals surface area contributed by atoms with E-state index in [-0.39, 0.29) is 5.91 Å². The Labute approximate surface area is 101 Å². The smallest absolute Gasteiger partial charge is 0.226 e. The molecule has 0 aliphatic carbocycles. The highest BCUT2D eigenvalue weighted by Crippen LogP contribution is 2.14. The first-order valence-corrected chi connectivity index (χ1v) is 5.41. The third kappa shape index (κ3) is 3.61. The van der Waals surface area contributed by atoms with Crippen LogP contribution in [0.5, 0.6) is 0 Å². The molecule has 5 heteroatoms. The molecule has 0 aliphatic heterocycles. The van der Waals surface area contributed by atoms with Gasteiger partial charge in [-0.05, 0) is 26.0 Å². The van der Waals surface area contributed by atoms with Gasteiger partial charge in [-0.1, -0.05) is 0 Å². The van der Waals surface area contributed by atoms with Crippen LogP contribution in [-0.4, -0.2) is 19.5 Å². The molecule has 1 amide bonds. The number of rotatable bonds is 5. The summed E-state index contributed by atoms with van der Waals surface area (Å²) in [7, 11) is 1.62. The van der Waals surface area contributed by atoms with Gasteiger partial charge in [0.15, 0.2) is 0 Å². The van der Waals surface area contributed by atoms with Crippen molar-refractivity contribution in [2.24, 2.45) is 5.41 Å². The molecule has 0 atom stereocenters. The van der Waals surface area contributed by atoms with Gasteiger partial charge < -0.3 is 15.1 Å². The maximum absolute atomic E-state index is 11.5. The number of furan rings is 1. The van der Waals surface area contributed by atoms with Gasteiger partial charge in [-0.25, -0.2) is 0 Å². The van der Waals surface area contributed by atoms with Crippen LogP contribution >= 0.6 is 0 Å². The van der Waals surface area contributed by atoms with E-state index in [1.54, 1.807) is 19.2 Å². The number of hydrogen-bond donors (Lipinski definition) is 2. The van der Waals surface area contributed by atoms with Crippen LogP contribution in [0.15, 0.2) is 16.5 Å². The van der Waals surface area contributed by atoms with E-state index >= 15 is 0 Å². The summed E-state index contributed by atoms with van der Waals surface area (Å²) in [5.41, 5.74) is -0.473. The van der Waals surface area contributed by atoms with Gasteiger partial charge in [0.1, 0.15) is 11.8 Å². The SMILES string of the molecule is CNC(=O)C(C)(C)CNCc1ccc(C#N)o1. The number of nitriles is 1. The lowest BCUT2D eigenvalue weighted by atomic mass is 9.92. The molecule has 0 radical (unpaired) electrons. The predicted molar refractivity (Wildman–Crippen MR) is 63.0 cm³/mol. The lowest BCUT2D eigenvalue weighted by molar-refractivity contribution is -0.128. The van der Waals surface area contributed by atoms with E-state index in [2.05, 4.69) is 10.6 Å². The third-order valence-electron chi connectivity index (χ3n) is 2.48. The Bertz CT molecular complexity index is 429. The molecule has 0 saturated carbocycles. The second kappa shape index (κ2) is 5.51. The third-order valence-corrected chi connectivity index (χ3v) is 2.48. The van der Waals surface area contributed by atoms with Crippen molar-refractivity contribution in [3.05, 3.63) is 23.7 Å². The molecule has 5 nitrogen and oxygen atoms in total. The average molecular weight is 235 g/mol. The van der Waals surface area contributed by atoms with Crippen molar-refractivity contribution in [1.82, 2.24) is 10.6 Å². The molecule has 1 rings (SSSR count). The zero-order valence-electron chi connectivity index (χ0n) is 10.3. The Morgan fingerprint density at radius 1 is 1.53 bits per heavy atom. The van der Waals surface area contributed by atoms with Crippen molar-refractivity contribution in [3.63, 3.8) is 0 Å². The van der Waals surface area contributed by atoms with E-state index in [1.165, 1.54) is 0 Å². The fraction of sp³-hybridized carbons (Fsp3) is 0.500. The molecule has 0 saturated heterocycles. The van der Waals surface area contributed by atoms with Gasteiger partial charge in [0.2, 0.25) is 11.7 Å². The molecule has 1 aromatic rings. The second-order valence-corrected chi connectivity index (χ2v) is 4.44. The second-order valence-electron chi connectivity index (χ2n) is 4.44. The minimum Gasteiger partial charge on any atom is -0.449 e. The summed E-state index contributed by atoms with van der Waals surface area (Å²) >= 11 is 0. The van der Waals surface area contributed by atoms with Gasteiger partial charge in [0, 0.05) is 13.6 Å². The molecule has 0 bridgehead atoms. The van der Waals surface area contributed by atoms with E-state index in [0.29, 0.717) is 24.6 Å². The first-order chi connectivity index (χ1) is 7.99. The lowest BCUT2D eigenvalue weighted by Gasteiger charge is -2.22. The van der Waals surface area contributed by atoms with Crippen molar-refractivity contribution in [3.8, 4) is 6.07 Å². The van der Waals surface area contributed by atoms with Crippen molar-refractivity contribution >= 4 is 5.91 Å². The van der Waals surface area contributed by atoms with Gasteiger partial charge in [0.25, 0.3) is 0 Å². The van der Waals surface area contributed by atoms with Gasteiger partial charge in [-0.3, -0.25) is 4.79 Å². The molecule has 0 aliphatic rings. The van der Waals surface area contributed by atoms with Gasteiger partial charge in [-0.2, -0.15) is 5.26 Å². The Balaban J connectivity index is 2.42. The van der Waals surface area contributed by atoms with E-state index in [1.807, 2.05) is 19.9 Å². The van der Waals surface area contributed by atoms with E-state index < -0.39 is 5.41 Å². The van der Waals surface area contributed by atoms with Crippen LogP contribution in [0.4, 0.5) is 0 Å². The van der Waals surface area contributed by atoms with E-state index in [0.717, 1.165) is 0 Å². The van der Waals surface area contributed by atoms with Crippen LogP contribution in [0.25, 0.3) is 0 Å². The Morgan fingerprint density at radius 2 is 2.24 bits per heavy atom. The quantitative estimate of drug-likeness (QED) is 0.798. The number of amides is 1. The molecule has 0 spiro atoms. The zero-order chi connectivity index (χ0) is 12.9. The fourth-order valence-electron chi connectivity index (χ4n) is 1.45. The number of nitrogens with zero attached hydrogens (tertiary/aromatic N) is 1. The van der Waals surface area contributed by atoms with Crippen LogP contribution in [0.2, 0.25) is 0 Å². The fourth-order valence-corrected chi connectivity index (χ4v) is 1.45. The summed E-state index contributed by atoms with van der Waals surface area (Å²) in [4.78, 5) is 11.5. The molecule has 1 heterocycles. The first-order valence-electron chi connectivity index (χ1n) is 5.41. The molecule has 17 heavy (non-hydrogen) atoms. The van der Waals surface area contributed by atoms with Crippen molar-refractivity contribution in [2.45, 2.75) is 20.4 Å². The molecular formula is C12H17N3O2. The van der Waals surface area contributed by atoms with Crippen LogP contribution < -0.4 is 10.6 Å². The Morgan fingerprint density at radius 3 is 2.76 bits per heavy atom. The number of hydrogen-bond acceptors (Lipinski definition) is 4. The van der Waals surface area contributed by atoms with Crippen LogP contribution in [0, 0.1) is 16.7 Å². The predicted octanol–water partition coefficient (Wildman–Crippen LogP) is 1.01. The Hall–Kier alpha value is -1.80. The summed E-state index contributed by atoms with van der Waals surface area (Å²) in [6.45, 7) is 4.76. The van der Waals surface area contributed by atoms with Crippen LogP contribution in [-0.2, 0) is 11.3 Å². The Kier molecular flexibility index (Phi) is 4.30. The number of carbonyl (C=O) groups is 1. The maximum atomic E-state index is 11.5. The minimum absolute atomic E-state index is 0.0119. The monoisotopic (exact) mass is 235 g/mol. The van der Waals surface area contributed by atoms with Gasteiger partial charge in [0.05, 0.1) is 12.0 Å². The molecular weight excluding hydrogens is 218 g/mol. The summed E-state index contributed by atoms with van der Waals surface area (Å²) in [5, 5.41) is 14.3. The highest BCUT2D eigenvalue weighted by molar-refractivity contribution is 5.81. The highest BCUT2D eigenvalue weighted by atomic mass is 16.3. The van der Waals surface area contributed by atoms with E-state index in [9.17, 15) is 4.79 Å². The summed E-state index contributed by atoms with van der Waals surface area (Å²) < 4.78 is 5.21. The molecule has 0 aromatic carbocycles. The van der Waals surface area contributed by atoms with E-state index in [4.69, 9.17) is 9.68 Å². The van der Waals surface area contributed by atoms with Crippen LogP contribution in [0.3, 0.4) is 0 Å². The van der Waals surface area contributed by atoms with Crippen molar-refractivity contribution in [1.29, 1.82) is 5.26 Å². The van der Waals surface area contributed by atoms with Gasteiger partial charge >= 0.3 is 0 Å². The highest BCUT2D eigenvalue weighted by Gasteiger charge is 2.25. The lowest BCUT2D eigenvalue weighted by Crippen LogP contribution is -2.41. The van der Waals surface area contributed by atoms with Crippen molar-refractivity contribution in [2.75, 3.05) is 13.6 Å². The topological polar surface area (TPSA) is 78.1 Å². The maximum Gasteiger partial charge on any atom is 0.226 e. The van der Waals surface area contributed by atoms with Crippen molar-refractivity contribution < 1.29 is 9.21 Å². The largest absolute Gasteiger partial charge is 0.449 e. The summed E-state index contributed by atoms with van der Waals surface area (Å²) in [5.74, 6) is 0.976. The first kappa shape index (κ1) is 13.3. The molecule has 92 valence electrons.